The predicted octanol–water partition coefficient (Wildman–Crippen LogP) is 5.36. The Balaban J connectivity index is 1.54. The standard InChI is InChI=1S/C31H48O6/c1-17(2)8-7-9-20(26(34)35)25-22-14-31(36)16-30(29(22,6)15-24(25)37-19(4)32)13-10-21-18(3)23(33)11-12-28(21,5)27(30)31/h8,18,20-25,27,33,36H,7,9-16H2,1-6H3,(H,34,35)/t18-,20-,21?,22?,23+,24-,25+,27?,28-,29-,30?,31+/m0/s1. The number of allylic oxidation sites excluding steroid dienone is 2. The number of carboxylic acid groups (broad SMARTS) is 1. The number of fused-ring (bicyclic) bond motifs is 1. The predicted molar refractivity (Wildman–Crippen MR) is 140 cm³/mol. The number of carbonyl (C=O) groups excluding carboxylic acids is 1. The number of esters is 1. The van der Waals surface area contributed by atoms with Crippen molar-refractivity contribution in [3.63, 3.8) is 0 Å². The van der Waals surface area contributed by atoms with Crippen LogP contribution >= 0.6 is 0 Å². The quantitative estimate of drug-likeness (QED) is 0.324. The van der Waals surface area contributed by atoms with Crippen molar-refractivity contribution in [3.8, 4) is 0 Å². The largest absolute Gasteiger partial charge is 0.481 e. The van der Waals surface area contributed by atoms with Crippen molar-refractivity contribution in [2.24, 2.45) is 51.8 Å². The summed E-state index contributed by atoms with van der Waals surface area (Å²) in [5.74, 6) is -1.31. The third-order valence-corrected chi connectivity index (χ3v) is 12.5. The maximum atomic E-state index is 12.7. The van der Waals surface area contributed by atoms with Crippen LogP contribution in [0.25, 0.3) is 0 Å². The van der Waals surface area contributed by atoms with Crippen LogP contribution in [-0.4, -0.2) is 45.1 Å². The molecule has 0 aromatic rings. The summed E-state index contributed by atoms with van der Waals surface area (Å²) in [5.41, 5.74) is 0.0520. The second-order valence-corrected chi connectivity index (χ2v) is 14.4. The van der Waals surface area contributed by atoms with Crippen LogP contribution in [0.3, 0.4) is 0 Å². The van der Waals surface area contributed by atoms with Gasteiger partial charge in [-0.3, -0.25) is 9.59 Å². The zero-order valence-corrected chi connectivity index (χ0v) is 23.6. The number of carbonyl (C=O) groups is 2. The molecular weight excluding hydrogens is 468 g/mol. The zero-order valence-electron chi connectivity index (χ0n) is 23.6. The van der Waals surface area contributed by atoms with Crippen molar-refractivity contribution < 1.29 is 29.6 Å². The summed E-state index contributed by atoms with van der Waals surface area (Å²) in [6, 6.07) is 0. The highest BCUT2D eigenvalue weighted by atomic mass is 16.5. The van der Waals surface area contributed by atoms with E-state index in [-0.39, 0.29) is 52.0 Å². The van der Waals surface area contributed by atoms with E-state index in [1.165, 1.54) is 12.5 Å². The van der Waals surface area contributed by atoms with Crippen LogP contribution in [0, 0.1) is 51.8 Å². The highest BCUT2D eigenvalue weighted by molar-refractivity contribution is 5.71. The summed E-state index contributed by atoms with van der Waals surface area (Å²) in [6.45, 7) is 12.3. The second kappa shape index (κ2) is 8.81. The van der Waals surface area contributed by atoms with Gasteiger partial charge in [-0.05, 0) is 112 Å². The lowest BCUT2D eigenvalue weighted by Gasteiger charge is -2.80. The normalized spacial score (nSPS) is 50.5. The molecule has 1 spiro atoms. The van der Waals surface area contributed by atoms with E-state index in [9.17, 15) is 24.9 Å². The monoisotopic (exact) mass is 516 g/mol. The van der Waals surface area contributed by atoms with Crippen molar-refractivity contribution in [3.05, 3.63) is 11.6 Å². The lowest BCUT2D eigenvalue weighted by molar-refractivity contribution is -0.365. The van der Waals surface area contributed by atoms with Crippen LogP contribution in [0.1, 0.15) is 99.3 Å². The van der Waals surface area contributed by atoms with E-state index in [2.05, 4.69) is 26.8 Å². The van der Waals surface area contributed by atoms with E-state index >= 15 is 0 Å². The lowest BCUT2D eigenvalue weighted by atomic mass is 9.25. The molecule has 208 valence electrons. The van der Waals surface area contributed by atoms with Crippen molar-refractivity contribution in [1.82, 2.24) is 0 Å². The smallest absolute Gasteiger partial charge is 0.306 e. The van der Waals surface area contributed by atoms with Crippen molar-refractivity contribution in [1.29, 1.82) is 0 Å². The number of aliphatic hydroxyl groups excluding tert-OH is 1. The van der Waals surface area contributed by atoms with Crippen LogP contribution in [0.2, 0.25) is 0 Å². The Hall–Kier alpha value is -1.40. The number of carboxylic acids is 1. The summed E-state index contributed by atoms with van der Waals surface area (Å²) in [5, 5.41) is 33.3. The molecule has 2 bridgehead atoms. The Morgan fingerprint density at radius 2 is 1.78 bits per heavy atom. The molecule has 6 fully saturated rings. The minimum atomic E-state index is -0.820. The van der Waals surface area contributed by atoms with Gasteiger partial charge in [-0.15, -0.1) is 0 Å². The third-order valence-electron chi connectivity index (χ3n) is 12.5. The van der Waals surface area contributed by atoms with Gasteiger partial charge in [-0.2, -0.15) is 0 Å². The summed E-state index contributed by atoms with van der Waals surface area (Å²) < 4.78 is 5.95. The summed E-state index contributed by atoms with van der Waals surface area (Å²) >= 11 is 0. The molecule has 0 radical (unpaired) electrons. The molecular formula is C31H48O6. The van der Waals surface area contributed by atoms with Crippen LogP contribution in [0.5, 0.6) is 0 Å². The molecule has 6 rings (SSSR count). The Bertz CT molecular complexity index is 986. The Morgan fingerprint density at radius 3 is 2.41 bits per heavy atom. The van der Waals surface area contributed by atoms with Crippen molar-refractivity contribution >= 4 is 11.9 Å². The molecule has 3 N–H and O–H groups in total. The first kappa shape index (κ1) is 27.2. The van der Waals surface area contributed by atoms with Gasteiger partial charge in [0.15, 0.2) is 0 Å². The number of ether oxygens (including phenoxy) is 1. The first-order valence-electron chi connectivity index (χ1n) is 14.6. The van der Waals surface area contributed by atoms with Gasteiger partial charge in [-0.1, -0.05) is 32.4 Å². The van der Waals surface area contributed by atoms with E-state index in [0.717, 1.165) is 32.1 Å². The van der Waals surface area contributed by atoms with E-state index in [1.54, 1.807) is 0 Å². The molecule has 6 heteroatoms. The second-order valence-electron chi connectivity index (χ2n) is 14.4. The number of hydrogen-bond acceptors (Lipinski definition) is 5. The van der Waals surface area contributed by atoms with Gasteiger partial charge in [0.2, 0.25) is 0 Å². The SMILES string of the molecule is CC(=O)O[C@H]1C[C@@]2(C)C(C[C@@]3(O)CC24CCC2[C@H](C)[C@H](O)CC[C@]2(C)C43)[C@H]1[C@H](CCC=C(C)C)C(=O)O. The molecule has 12 atom stereocenters. The van der Waals surface area contributed by atoms with Crippen LogP contribution in [-0.2, 0) is 14.3 Å². The molecule has 6 nitrogen and oxygen atoms in total. The van der Waals surface area contributed by atoms with Gasteiger partial charge in [0.25, 0.3) is 0 Å². The number of aliphatic hydroxyl groups is 2. The molecule has 6 aliphatic rings. The molecule has 0 aromatic carbocycles. The third kappa shape index (κ3) is 3.71. The van der Waals surface area contributed by atoms with Gasteiger partial charge in [0.05, 0.1) is 17.6 Å². The van der Waals surface area contributed by atoms with E-state index in [0.29, 0.717) is 31.6 Å². The van der Waals surface area contributed by atoms with E-state index < -0.39 is 23.6 Å². The van der Waals surface area contributed by atoms with Crippen LogP contribution < -0.4 is 0 Å². The van der Waals surface area contributed by atoms with Gasteiger partial charge in [0, 0.05) is 12.8 Å². The van der Waals surface area contributed by atoms with E-state index in [4.69, 9.17) is 4.74 Å². The first-order chi connectivity index (χ1) is 17.2. The Kier molecular flexibility index (Phi) is 6.47. The zero-order chi connectivity index (χ0) is 27.1. The first-order valence-corrected chi connectivity index (χ1v) is 14.6. The Labute approximate surface area is 222 Å². The molecule has 4 unspecified atom stereocenters. The highest BCUT2D eigenvalue weighted by Crippen LogP contribution is 2.84. The maximum absolute atomic E-state index is 12.7. The topological polar surface area (TPSA) is 104 Å². The molecule has 0 amide bonds. The molecule has 0 saturated heterocycles. The minimum Gasteiger partial charge on any atom is -0.481 e. The molecule has 0 heterocycles. The summed E-state index contributed by atoms with van der Waals surface area (Å²) in [7, 11) is 0. The molecule has 6 saturated carbocycles. The highest BCUT2D eigenvalue weighted by Gasteiger charge is 2.83. The number of rotatable bonds is 6. The van der Waals surface area contributed by atoms with Crippen molar-refractivity contribution in [2.45, 2.75) is 117 Å². The van der Waals surface area contributed by atoms with Crippen LogP contribution in [0.4, 0.5) is 0 Å². The average molecular weight is 517 g/mol. The van der Waals surface area contributed by atoms with Gasteiger partial charge >= 0.3 is 11.9 Å². The average Bonchev–Trinajstić information content (AvgIpc) is 3.04. The summed E-state index contributed by atoms with van der Waals surface area (Å²) in [4.78, 5) is 24.9. The van der Waals surface area contributed by atoms with Gasteiger partial charge in [-0.25, -0.2) is 0 Å². The number of aliphatic carboxylic acids is 1. The molecule has 6 aliphatic carbocycles. The molecule has 37 heavy (non-hydrogen) atoms. The number of hydrogen-bond donors (Lipinski definition) is 3. The van der Waals surface area contributed by atoms with Crippen molar-refractivity contribution in [2.75, 3.05) is 0 Å². The fourth-order valence-corrected chi connectivity index (χ4v) is 11.4. The minimum absolute atomic E-state index is 0.00593. The molecule has 0 aliphatic heterocycles. The fourth-order valence-electron chi connectivity index (χ4n) is 11.4. The van der Waals surface area contributed by atoms with Crippen LogP contribution in [0.15, 0.2) is 11.6 Å². The van der Waals surface area contributed by atoms with Gasteiger partial charge < -0.3 is 20.1 Å². The molecule has 0 aromatic heterocycles. The fraction of sp³-hybridized carbons (Fsp3) is 0.871. The Morgan fingerprint density at radius 1 is 1.08 bits per heavy atom. The van der Waals surface area contributed by atoms with E-state index in [1.807, 2.05) is 13.8 Å². The maximum Gasteiger partial charge on any atom is 0.306 e. The lowest BCUT2D eigenvalue weighted by Crippen LogP contribution is -2.79. The van der Waals surface area contributed by atoms with Gasteiger partial charge in [0.1, 0.15) is 6.10 Å². The summed E-state index contributed by atoms with van der Waals surface area (Å²) in [6.07, 6.45) is 8.36.